The van der Waals surface area contributed by atoms with Gasteiger partial charge in [0.15, 0.2) is 0 Å². The minimum Gasteiger partial charge on any atom is -0.487 e. The van der Waals surface area contributed by atoms with Crippen LogP contribution in [0.4, 0.5) is 0 Å². The van der Waals surface area contributed by atoms with Gasteiger partial charge in [0, 0.05) is 40.5 Å². The molecular weight excluding hydrogens is 456 g/mol. The van der Waals surface area contributed by atoms with E-state index >= 15 is 0 Å². The maximum atomic E-state index is 13.2. The summed E-state index contributed by atoms with van der Waals surface area (Å²) in [6.45, 7) is 10.3. The summed E-state index contributed by atoms with van der Waals surface area (Å²) in [5, 5.41) is 2.08. The zero-order valence-electron chi connectivity index (χ0n) is 19.2. The van der Waals surface area contributed by atoms with Crippen LogP contribution in [0.2, 0.25) is 5.02 Å². The van der Waals surface area contributed by atoms with Crippen LogP contribution in [0.3, 0.4) is 0 Å². The van der Waals surface area contributed by atoms with E-state index in [-0.39, 0.29) is 16.5 Å². The smallest absolute Gasteiger partial charge is 0.277 e. The third-order valence-corrected chi connectivity index (χ3v) is 6.49. The molecule has 0 aliphatic heterocycles. The van der Waals surface area contributed by atoms with Crippen molar-refractivity contribution in [1.29, 1.82) is 0 Å². The first-order valence-electron chi connectivity index (χ1n) is 10.6. The lowest BCUT2D eigenvalue weighted by Gasteiger charge is -2.15. The number of nitrogens with zero attached hydrogens (tertiary/aromatic N) is 4. The van der Waals surface area contributed by atoms with E-state index in [0.717, 1.165) is 22.6 Å². The van der Waals surface area contributed by atoms with Crippen LogP contribution in [0, 0.1) is 20.8 Å². The van der Waals surface area contributed by atoms with E-state index in [2.05, 4.69) is 16.0 Å². The Balaban J connectivity index is 1.71. The molecule has 4 aromatic rings. The van der Waals surface area contributed by atoms with Gasteiger partial charge in [-0.25, -0.2) is 9.97 Å². The van der Waals surface area contributed by atoms with E-state index in [1.54, 1.807) is 40.4 Å². The van der Waals surface area contributed by atoms with Gasteiger partial charge >= 0.3 is 0 Å². The number of aromatic nitrogens is 4. The molecule has 0 atom stereocenters. The first-order chi connectivity index (χ1) is 15.7. The van der Waals surface area contributed by atoms with Crippen LogP contribution in [0.5, 0.6) is 5.75 Å². The molecule has 0 fully saturated rings. The van der Waals surface area contributed by atoms with Crippen LogP contribution in [-0.2, 0) is 6.61 Å². The van der Waals surface area contributed by atoms with Gasteiger partial charge in [-0.05, 0) is 49.9 Å². The summed E-state index contributed by atoms with van der Waals surface area (Å²) in [5.41, 5.74) is 4.42. The number of aryl methyl sites for hydroxylation is 3. The van der Waals surface area contributed by atoms with Gasteiger partial charge < -0.3 is 4.74 Å². The van der Waals surface area contributed by atoms with Gasteiger partial charge in [0.2, 0.25) is 0 Å². The molecule has 0 saturated carbocycles. The Morgan fingerprint density at radius 1 is 1.15 bits per heavy atom. The maximum absolute atomic E-state index is 13.2. The number of rotatable bonds is 6. The second-order valence-electron chi connectivity index (χ2n) is 8.27. The minimum absolute atomic E-state index is 0.0474. The molecule has 4 heterocycles. The van der Waals surface area contributed by atoms with Crippen LogP contribution < -0.4 is 10.3 Å². The highest BCUT2D eigenvalue weighted by atomic mass is 35.5. The van der Waals surface area contributed by atoms with Gasteiger partial charge in [-0.2, -0.15) is 0 Å². The number of hydrogen-bond acceptors (Lipinski definition) is 6. The summed E-state index contributed by atoms with van der Waals surface area (Å²) in [6, 6.07) is 7.47. The van der Waals surface area contributed by atoms with Gasteiger partial charge in [0.25, 0.3) is 5.56 Å². The second-order valence-corrected chi connectivity index (χ2v) is 9.77. The molecule has 6 nitrogen and oxygen atoms in total. The summed E-state index contributed by atoms with van der Waals surface area (Å²) >= 11 is 8.10. The van der Waals surface area contributed by atoms with E-state index < -0.39 is 0 Å². The van der Waals surface area contributed by atoms with Gasteiger partial charge in [-0.1, -0.05) is 25.4 Å². The normalized spacial score (nSPS) is 11.2. The molecule has 0 saturated heterocycles. The van der Waals surface area contributed by atoms with Crippen LogP contribution in [-0.4, -0.2) is 19.5 Å². The monoisotopic (exact) mass is 480 g/mol. The Kier molecular flexibility index (Phi) is 6.63. The number of hydrogen-bond donors (Lipinski definition) is 0. The summed E-state index contributed by atoms with van der Waals surface area (Å²) in [7, 11) is 0. The second kappa shape index (κ2) is 9.45. The van der Waals surface area contributed by atoms with Crippen LogP contribution in [0.25, 0.3) is 17.1 Å². The van der Waals surface area contributed by atoms with E-state index in [1.807, 2.05) is 46.1 Å². The van der Waals surface area contributed by atoms with Crippen molar-refractivity contribution in [2.75, 3.05) is 0 Å². The largest absolute Gasteiger partial charge is 0.487 e. The Hall–Kier alpha value is -3.03. The van der Waals surface area contributed by atoms with Gasteiger partial charge in [0.05, 0.1) is 17.1 Å². The average Bonchev–Trinajstić information content (AvgIpc) is 3.21. The van der Waals surface area contributed by atoms with E-state index in [0.29, 0.717) is 29.4 Å². The van der Waals surface area contributed by atoms with Crippen LogP contribution in [0.15, 0.2) is 46.8 Å². The number of halogens is 1. The Morgan fingerprint density at radius 3 is 2.64 bits per heavy atom. The lowest BCUT2D eigenvalue weighted by molar-refractivity contribution is 0.305. The maximum Gasteiger partial charge on any atom is 0.277 e. The fourth-order valence-electron chi connectivity index (χ4n) is 3.52. The van der Waals surface area contributed by atoms with Gasteiger partial charge in [-0.15, -0.1) is 11.3 Å². The van der Waals surface area contributed by atoms with Crippen molar-refractivity contribution in [2.45, 2.75) is 47.1 Å². The SMILES string of the molecule is Cc1cc(COc2cc(C)n(-c3ccnc(-c4nc(C(C)C)ncc4C)c3)c(=O)c2Cl)cs1. The molecule has 0 amide bonds. The molecule has 0 radical (unpaired) electrons. The van der Waals surface area contributed by atoms with E-state index in [1.165, 1.54) is 4.88 Å². The van der Waals surface area contributed by atoms with Crippen molar-refractivity contribution < 1.29 is 4.74 Å². The molecule has 170 valence electrons. The average molecular weight is 481 g/mol. The minimum atomic E-state index is -0.340. The molecular formula is C25H25ClN4O2S. The standard InChI is InChI=1S/C25H25ClN4O2S/c1-14(2)24-28-11-15(3)23(29-24)20-10-19(6-7-27-20)30-16(4)8-21(22(26)25(30)31)32-12-18-9-17(5)33-13-18/h6-11,13-14H,12H2,1-5H3. The highest BCUT2D eigenvalue weighted by molar-refractivity contribution is 7.10. The predicted octanol–water partition coefficient (Wildman–Crippen LogP) is 6.03. The lowest BCUT2D eigenvalue weighted by atomic mass is 10.1. The zero-order valence-corrected chi connectivity index (χ0v) is 20.8. The fraction of sp³-hybridized carbons (Fsp3) is 0.280. The summed E-state index contributed by atoms with van der Waals surface area (Å²) < 4.78 is 7.43. The molecule has 0 spiro atoms. The third-order valence-electron chi connectivity index (χ3n) is 5.23. The molecule has 33 heavy (non-hydrogen) atoms. The Bertz CT molecular complexity index is 1380. The van der Waals surface area contributed by atoms with Gasteiger partial charge in [-0.3, -0.25) is 14.3 Å². The fourth-order valence-corrected chi connectivity index (χ4v) is 4.41. The molecule has 0 N–H and O–H groups in total. The molecule has 0 bridgehead atoms. The highest BCUT2D eigenvalue weighted by Gasteiger charge is 2.16. The van der Waals surface area contributed by atoms with E-state index in [9.17, 15) is 4.79 Å². The summed E-state index contributed by atoms with van der Waals surface area (Å²) in [5.74, 6) is 1.32. The van der Waals surface area contributed by atoms with Crippen molar-refractivity contribution in [3.05, 3.63) is 84.9 Å². The molecule has 4 rings (SSSR count). The summed E-state index contributed by atoms with van der Waals surface area (Å²) in [6.07, 6.45) is 3.48. The lowest BCUT2D eigenvalue weighted by Crippen LogP contribution is -2.22. The number of pyridine rings is 2. The first-order valence-corrected chi connectivity index (χ1v) is 11.9. The van der Waals surface area contributed by atoms with Gasteiger partial charge in [0.1, 0.15) is 23.2 Å². The van der Waals surface area contributed by atoms with Crippen LogP contribution in [0.1, 0.15) is 47.3 Å². The molecule has 4 aromatic heterocycles. The quantitative estimate of drug-likeness (QED) is 0.337. The topological polar surface area (TPSA) is 69.9 Å². The molecule has 0 aromatic carbocycles. The van der Waals surface area contributed by atoms with Crippen LogP contribution >= 0.6 is 22.9 Å². The Labute approximate surface area is 201 Å². The Morgan fingerprint density at radius 2 is 1.94 bits per heavy atom. The van der Waals surface area contributed by atoms with Crippen molar-refractivity contribution >= 4 is 22.9 Å². The predicted molar refractivity (Wildman–Crippen MR) is 133 cm³/mol. The molecule has 0 aliphatic carbocycles. The van der Waals surface area contributed by atoms with Crippen molar-refractivity contribution in [3.63, 3.8) is 0 Å². The zero-order chi connectivity index (χ0) is 23.7. The van der Waals surface area contributed by atoms with Crippen molar-refractivity contribution in [3.8, 4) is 22.8 Å². The van der Waals surface area contributed by atoms with Crippen molar-refractivity contribution in [1.82, 2.24) is 19.5 Å². The first kappa shape index (κ1) is 23.1. The molecule has 0 aliphatic rings. The molecule has 0 unspecified atom stereocenters. The van der Waals surface area contributed by atoms with Crippen molar-refractivity contribution in [2.24, 2.45) is 0 Å². The number of ether oxygens (including phenoxy) is 1. The highest BCUT2D eigenvalue weighted by Crippen LogP contribution is 2.27. The van der Waals surface area contributed by atoms with E-state index in [4.69, 9.17) is 21.3 Å². The third kappa shape index (κ3) is 4.84. The number of thiophene rings is 1. The summed E-state index contributed by atoms with van der Waals surface area (Å²) in [4.78, 5) is 28.0. The molecule has 8 heteroatoms.